The highest BCUT2D eigenvalue weighted by Gasteiger charge is 2.31. The van der Waals surface area contributed by atoms with Crippen LogP contribution in [-0.2, 0) is 10.0 Å². The van der Waals surface area contributed by atoms with E-state index in [1.54, 1.807) is 18.2 Å². The molecule has 1 atom stereocenters. The van der Waals surface area contributed by atoms with E-state index < -0.39 is 15.9 Å². The summed E-state index contributed by atoms with van der Waals surface area (Å²) >= 11 is 6.21. The number of nitrogens with one attached hydrogen (secondary N) is 1. The smallest absolute Gasteiger partial charge is 0.255 e. The van der Waals surface area contributed by atoms with Crippen LogP contribution in [0.2, 0.25) is 5.02 Å². The molecule has 2 heterocycles. The number of fused-ring (bicyclic) bond motifs is 1. The first-order valence-electron chi connectivity index (χ1n) is 9.85. The second-order valence-corrected chi connectivity index (χ2v) is 9.88. The molecule has 7 nitrogen and oxygen atoms in total. The van der Waals surface area contributed by atoms with Crippen LogP contribution in [-0.4, -0.2) is 44.9 Å². The number of amides is 1. The van der Waals surface area contributed by atoms with Gasteiger partial charge in [0.2, 0.25) is 10.0 Å². The lowest BCUT2D eigenvalue weighted by Gasteiger charge is -2.30. The van der Waals surface area contributed by atoms with Gasteiger partial charge in [-0.1, -0.05) is 18.5 Å². The molecule has 1 amide bonds. The normalized spacial score (nSPS) is 19.3. The topological polar surface area (TPSA) is 84.9 Å². The van der Waals surface area contributed by atoms with Gasteiger partial charge in [-0.3, -0.25) is 4.79 Å². The van der Waals surface area contributed by atoms with Crippen molar-refractivity contribution in [1.29, 1.82) is 0 Å². The Balaban J connectivity index is 1.57. The summed E-state index contributed by atoms with van der Waals surface area (Å²) in [6.45, 7) is 3.86. The lowest BCUT2D eigenvalue weighted by atomic mass is 10.0. The maximum absolute atomic E-state index is 13.1. The summed E-state index contributed by atoms with van der Waals surface area (Å²) < 4.78 is 38.7. The summed E-state index contributed by atoms with van der Waals surface area (Å²) in [6.07, 6.45) is 1.81. The molecule has 0 unspecified atom stereocenters. The zero-order valence-electron chi connectivity index (χ0n) is 16.6. The van der Waals surface area contributed by atoms with Crippen molar-refractivity contribution in [2.45, 2.75) is 24.7 Å². The van der Waals surface area contributed by atoms with Crippen LogP contribution in [0.4, 0.5) is 5.69 Å². The van der Waals surface area contributed by atoms with E-state index in [2.05, 4.69) is 5.32 Å². The Morgan fingerprint density at radius 3 is 2.67 bits per heavy atom. The quantitative estimate of drug-likeness (QED) is 0.766. The van der Waals surface area contributed by atoms with Gasteiger partial charge in [0.05, 0.1) is 5.02 Å². The number of benzene rings is 2. The Bertz CT molecular complexity index is 1070. The van der Waals surface area contributed by atoms with Gasteiger partial charge < -0.3 is 14.8 Å². The van der Waals surface area contributed by atoms with E-state index in [0.717, 1.165) is 12.8 Å². The maximum Gasteiger partial charge on any atom is 0.255 e. The third-order valence-corrected chi connectivity index (χ3v) is 7.58. The number of piperidine rings is 1. The number of carbonyl (C=O) groups is 1. The predicted molar refractivity (Wildman–Crippen MR) is 114 cm³/mol. The van der Waals surface area contributed by atoms with Crippen molar-refractivity contribution in [1.82, 2.24) is 4.31 Å². The van der Waals surface area contributed by atoms with Crippen molar-refractivity contribution in [2.75, 3.05) is 31.6 Å². The van der Waals surface area contributed by atoms with Crippen molar-refractivity contribution >= 4 is 33.2 Å². The molecule has 2 aromatic carbocycles. The van der Waals surface area contributed by atoms with Crippen LogP contribution in [0.5, 0.6) is 11.5 Å². The number of anilines is 1. The zero-order chi connectivity index (χ0) is 21.3. The van der Waals surface area contributed by atoms with Gasteiger partial charge in [0.15, 0.2) is 11.5 Å². The highest BCUT2D eigenvalue weighted by molar-refractivity contribution is 7.89. The van der Waals surface area contributed by atoms with Gasteiger partial charge in [0.1, 0.15) is 18.1 Å². The molecule has 1 fully saturated rings. The molecule has 30 heavy (non-hydrogen) atoms. The third-order valence-electron chi connectivity index (χ3n) is 5.23. The molecule has 0 radical (unpaired) electrons. The number of rotatable bonds is 4. The van der Waals surface area contributed by atoms with Gasteiger partial charge in [0, 0.05) is 30.4 Å². The van der Waals surface area contributed by atoms with Crippen molar-refractivity contribution in [2.24, 2.45) is 5.92 Å². The number of nitrogens with zero attached hydrogens (tertiary/aromatic N) is 1. The van der Waals surface area contributed by atoms with Crippen LogP contribution in [0, 0.1) is 5.92 Å². The molecule has 9 heteroatoms. The minimum Gasteiger partial charge on any atom is -0.486 e. The van der Waals surface area contributed by atoms with Gasteiger partial charge in [-0.05, 0) is 49.1 Å². The highest BCUT2D eigenvalue weighted by Crippen LogP contribution is 2.33. The molecular weight excluding hydrogens is 428 g/mol. The maximum atomic E-state index is 13.1. The molecule has 0 aliphatic carbocycles. The van der Waals surface area contributed by atoms with Gasteiger partial charge in [-0.25, -0.2) is 8.42 Å². The number of hydrogen-bond acceptors (Lipinski definition) is 5. The number of carbonyl (C=O) groups excluding carboxylic acids is 1. The van der Waals surface area contributed by atoms with Crippen LogP contribution >= 0.6 is 11.6 Å². The largest absolute Gasteiger partial charge is 0.486 e. The SMILES string of the molecule is C[C@H]1CCCN(S(=O)(=O)c2cc(C(=O)Nc3ccc4c(c3)OCCO4)ccc2Cl)C1. The third kappa shape index (κ3) is 4.26. The van der Waals surface area contributed by atoms with Crippen LogP contribution in [0.25, 0.3) is 0 Å². The Hall–Kier alpha value is -2.29. The number of ether oxygens (including phenoxy) is 2. The lowest BCUT2D eigenvalue weighted by molar-refractivity contribution is 0.102. The first-order valence-corrected chi connectivity index (χ1v) is 11.7. The standard InChI is InChI=1S/C21H23ClN2O5S/c1-14-3-2-8-24(13-14)30(26,27)20-11-15(4-6-17(20)22)21(25)23-16-5-7-18-19(12-16)29-10-9-28-18/h4-7,11-12,14H,2-3,8-10,13H2,1H3,(H,23,25)/t14-/m0/s1. The Labute approximate surface area is 181 Å². The van der Waals surface area contributed by atoms with E-state index in [0.29, 0.717) is 43.5 Å². The molecule has 4 rings (SSSR count). The van der Waals surface area contributed by atoms with Gasteiger partial charge in [0.25, 0.3) is 5.91 Å². The monoisotopic (exact) mass is 450 g/mol. The average molecular weight is 451 g/mol. The molecular formula is C21H23ClN2O5S. The molecule has 1 saturated heterocycles. The second kappa shape index (κ2) is 8.45. The fourth-order valence-corrected chi connectivity index (χ4v) is 5.77. The van der Waals surface area contributed by atoms with E-state index in [1.807, 2.05) is 6.92 Å². The number of hydrogen-bond donors (Lipinski definition) is 1. The summed E-state index contributed by atoms with van der Waals surface area (Å²) in [4.78, 5) is 12.7. The van der Waals surface area contributed by atoms with Crippen molar-refractivity contribution in [3.8, 4) is 11.5 Å². The van der Waals surface area contributed by atoms with E-state index in [9.17, 15) is 13.2 Å². The van der Waals surface area contributed by atoms with Gasteiger partial charge in [-0.2, -0.15) is 4.31 Å². The summed E-state index contributed by atoms with van der Waals surface area (Å²) in [7, 11) is -3.78. The van der Waals surface area contributed by atoms with Gasteiger partial charge >= 0.3 is 0 Å². The van der Waals surface area contributed by atoms with Gasteiger partial charge in [-0.15, -0.1) is 0 Å². The average Bonchev–Trinajstić information content (AvgIpc) is 2.74. The van der Waals surface area contributed by atoms with Crippen LogP contribution in [0.15, 0.2) is 41.3 Å². The fourth-order valence-electron chi connectivity index (χ4n) is 3.67. The van der Waals surface area contributed by atoms with E-state index in [1.165, 1.54) is 22.5 Å². The molecule has 160 valence electrons. The first kappa shape index (κ1) is 21.0. The second-order valence-electron chi connectivity index (χ2n) is 7.57. The predicted octanol–water partition coefficient (Wildman–Crippen LogP) is 3.78. The molecule has 0 aromatic heterocycles. The molecule has 0 bridgehead atoms. The minimum atomic E-state index is -3.78. The first-order chi connectivity index (χ1) is 14.3. The number of sulfonamides is 1. The molecule has 0 spiro atoms. The van der Waals surface area contributed by atoms with Crippen molar-refractivity contribution < 1.29 is 22.7 Å². The Kier molecular flexibility index (Phi) is 5.90. The summed E-state index contributed by atoms with van der Waals surface area (Å²) in [5.41, 5.74) is 0.728. The molecule has 0 saturated carbocycles. The van der Waals surface area contributed by atoms with Crippen molar-refractivity contribution in [3.05, 3.63) is 47.0 Å². The van der Waals surface area contributed by atoms with Crippen LogP contribution in [0.3, 0.4) is 0 Å². The molecule has 2 aliphatic heterocycles. The van der Waals surface area contributed by atoms with E-state index in [-0.39, 0.29) is 21.4 Å². The van der Waals surface area contributed by atoms with Crippen LogP contribution in [0.1, 0.15) is 30.1 Å². The summed E-state index contributed by atoms with van der Waals surface area (Å²) in [5, 5.41) is 2.87. The van der Waals surface area contributed by atoms with E-state index >= 15 is 0 Å². The summed E-state index contributed by atoms with van der Waals surface area (Å²) in [5.74, 6) is 1.02. The molecule has 2 aliphatic rings. The number of halogens is 1. The Morgan fingerprint density at radius 2 is 1.90 bits per heavy atom. The van der Waals surface area contributed by atoms with Crippen LogP contribution < -0.4 is 14.8 Å². The molecule has 2 aromatic rings. The van der Waals surface area contributed by atoms with Crippen molar-refractivity contribution in [3.63, 3.8) is 0 Å². The zero-order valence-corrected chi connectivity index (χ0v) is 18.1. The Morgan fingerprint density at radius 1 is 1.13 bits per heavy atom. The lowest BCUT2D eigenvalue weighted by Crippen LogP contribution is -2.39. The molecule has 1 N–H and O–H groups in total. The highest BCUT2D eigenvalue weighted by atomic mass is 35.5. The fraction of sp³-hybridized carbons (Fsp3) is 0.381. The minimum absolute atomic E-state index is 0.0481. The van der Waals surface area contributed by atoms with E-state index in [4.69, 9.17) is 21.1 Å². The summed E-state index contributed by atoms with van der Waals surface area (Å²) in [6, 6.07) is 9.39.